The maximum Gasteiger partial charge on any atom is 0.234 e. The smallest absolute Gasteiger partial charge is 0.234 e. The average molecular weight is 437 g/mol. The number of aryl methyl sites for hydroxylation is 1. The van der Waals surface area contributed by atoms with Crippen LogP contribution in [0.25, 0.3) is 16.6 Å². The molecule has 0 unspecified atom stereocenters. The second-order valence-electron chi connectivity index (χ2n) is 6.79. The summed E-state index contributed by atoms with van der Waals surface area (Å²) in [5.41, 5.74) is 2.75. The fourth-order valence-corrected chi connectivity index (χ4v) is 3.99. The number of thioether (sulfide) groups is 1. The molecule has 2 aromatic heterocycles. The first kappa shape index (κ1) is 19.3. The molecule has 3 heterocycles. The van der Waals surface area contributed by atoms with Gasteiger partial charge in [0, 0.05) is 17.1 Å². The molecule has 1 N–H and O–H groups in total. The summed E-state index contributed by atoms with van der Waals surface area (Å²) in [5, 5.41) is 17.1. The lowest BCUT2D eigenvalue weighted by Gasteiger charge is -2.09. The van der Waals surface area contributed by atoms with Crippen LogP contribution in [0, 0.1) is 12.7 Å². The number of hydrogen-bond donors (Lipinski definition) is 1. The summed E-state index contributed by atoms with van der Waals surface area (Å²) in [7, 11) is 0. The summed E-state index contributed by atoms with van der Waals surface area (Å²) in [6.45, 7) is 2.01. The fraction of sp³-hybridized carbons (Fsp3) is 0.143. The minimum absolute atomic E-state index is 0.121. The molecule has 0 saturated carbocycles. The normalized spacial score (nSPS) is 12.3. The zero-order valence-electron chi connectivity index (χ0n) is 16.3. The van der Waals surface area contributed by atoms with E-state index in [1.807, 2.05) is 6.92 Å². The Bertz CT molecular complexity index is 1290. The van der Waals surface area contributed by atoms with Crippen molar-refractivity contribution in [3.05, 3.63) is 60.2 Å². The number of halogens is 1. The molecule has 8 nitrogen and oxygen atoms in total. The van der Waals surface area contributed by atoms with E-state index in [9.17, 15) is 9.18 Å². The first-order valence-corrected chi connectivity index (χ1v) is 10.4. The monoisotopic (exact) mass is 437 g/mol. The molecule has 0 atom stereocenters. The second-order valence-corrected chi connectivity index (χ2v) is 7.75. The molecule has 0 saturated heterocycles. The van der Waals surface area contributed by atoms with Gasteiger partial charge in [-0.1, -0.05) is 11.8 Å². The van der Waals surface area contributed by atoms with Crippen LogP contribution in [0.15, 0.2) is 53.7 Å². The number of hydrogen-bond acceptors (Lipinski definition) is 7. The van der Waals surface area contributed by atoms with Crippen molar-refractivity contribution in [2.45, 2.75) is 11.9 Å². The summed E-state index contributed by atoms with van der Waals surface area (Å²) in [5.74, 6) is 0.840. The molecule has 4 aromatic rings. The maximum absolute atomic E-state index is 13.3. The third kappa shape index (κ3) is 3.77. The Morgan fingerprint density at radius 3 is 2.81 bits per heavy atom. The largest absolute Gasteiger partial charge is 0.454 e. The lowest BCUT2D eigenvalue weighted by atomic mass is 10.2. The molecule has 0 radical (unpaired) electrons. The lowest BCUT2D eigenvalue weighted by molar-refractivity contribution is -0.113. The molecule has 1 amide bonds. The van der Waals surface area contributed by atoms with Gasteiger partial charge in [-0.2, -0.15) is 10.2 Å². The van der Waals surface area contributed by atoms with E-state index in [4.69, 9.17) is 9.47 Å². The molecule has 156 valence electrons. The number of carbonyl (C=O) groups is 1. The molecule has 0 aliphatic carbocycles. The number of nitrogens with zero attached hydrogens (tertiary/aromatic N) is 4. The van der Waals surface area contributed by atoms with E-state index in [1.54, 1.807) is 41.2 Å². The van der Waals surface area contributed by atoms with Gasteiger partial charge in [0.1, 0.15) is 16.4 Å². The van der Waals surface area contributed by atoms with Crippen molar-refractivity contribution in [2.75, 3.05) is 17.9 Å². The van der Waals surface area contributed by atoms with Crippen LogP contribution in [0.1, 0.15) is 5.69 Å². The van der Waals surface area contributed by atoms with Crippen molar-refractivity contribution in [2.24, 2.45) is 0 Å². The van der Waals surface area contributed by atoms with Crippen molar-refractivity contribution in [1.29, 1.82) is 0 Å². The Morgan fingerprint density at radius 2 is 1.97 bits per heavy atom. The van der Waals surface area contributed by atoms with Gasteiger partial charge in [0.15, 0.2) is 11.5 Å². The highest BCUT2D eigenvalue weighted by Crippen LogP contribution is 2.34. The van der Waals surface area contributed by atoms with Crippen molar-refractivity contribution < 1.29 is 18.7 Å². The molecule has 0 bridgehead atoms. The number of amides is 1. The summed E-state index contributed by atoms with van der Waals surface area (Å²) < 4.78 is 25.6. The molecule has 0 spiro atoms. The van der Waals surface area contributed by atoms with Gasteiger partial charge in [0.05, 0.1) is 23.3 Å². The first-order chi connectivity index (χ1) is 15.1. The Labute approximate surface area is 180 Å². The van der Waals surface area contributed by atoms with Crippen LogP contribution in [0.3, 0.4) is 0 Å². The molecular formula is C21H16FN5O3S. The molecule has 2 aromatic carbocycles. The Balaban J connectivity index is 1.37. The summed E-state index contributed by atoms with van der Waals surface area (Å²) in [6.07, 6.45) is 1.69. The topological polar surface area (TPSA) is 91.2 Å². The number of fused-ring (bicyclic) bond motifs is 2. The van der Waals surface area contributed by atoms with E-state index in [-0.39, 0.29) is 24.3 Å². The molecular weight excluding hydrogens is 421 g/mol. The van der Waals surface area contributed by atoms with Gasteiger partial charge in [-0.15, -0.1) is 5.10 Å². The van der Waals surface area contributed by atoms with Crippen LogP contribution < -0.4 is 14.8 Å². The van der Waals surface area contributed by atoms with Crippen molar-refractivity contribution in [3.63, 3.8) is 0 Å². The van der Waals surface area contributed by atoms with E-state index >= 15 is 0 Å². The zero-order valence-corrected chi connectivity index (χ0v) is 17.1. The van der Waals surface area contributed by atoms with E-state index in [0.29, 0.717) is 27.9 Å². The number of benzene rings is 2. The van der Waals surface area contributed by atoms with Crippen LogP contribution >= 0.6 is 11.8 Å². The minimum Gasteiger partial charge on any atom is -0.454 e. The van der Waals surface area contributed by atoms with E-state index in [0.717, 1.165) is 16.6 Å². The molecule has 10 heteroatoms. The lowest BCUT2D eigenvalue weighted by Crippen LogP contribution is -2.14. The van der Waals surface area contributed by atoms with Crippen molar-refractivity contribution in [3.8, 4) is 17.2 Å². The van der Waals surface area contributed by atoms with Crippen LogP contribution in [-0.2, 0) is 4.79 Å². The van der Waals surface area contributed by atoms with Crippen LogP contribution in [0.5, 0.6) is 11.5 Å². The van der Waals surface area contributed by atoms with Gasteiger partial charge in [-0.05, 0) is 43.3 Å². The van der Waals surface area contributed by atoms with Gasteiger partial charge < -0.3 is 14.8 Å². The van der Waals surface area contributed by atoms with Gasteiger partial charge in [0.2, 0.25) is 12.7 Å². The first-order valence-electron chi connectivity index (χ1n) is 9.38. The Hall–Kier alpha value is -3.66. The van der Waals surface area contributed by atoms with E-state index in [1.165, 1.54) is 23.9 Å². The molecule has 1 aliphatic heterocycles. The Kier molecular flexibility index (Phi) is 4.91. The number of nitrogens with one attached hydrogen (secondary N) is 1. The van der Waals surface area contributed by atoms with Crippen LogP contribution in [-0.4, -0.2) is 38.4 Å². The number of aromatic nitrogens is 4. The van der Waals surface area contributed by atoms with Crippen molar-refractivity contribution in [1.82, 2.24) is 20.0 Å². The quantitative estimate of drug-likeness (QED) is 0.476. The van der Waals surface area contributed by atoms with Gasteiger partial charge >= 0.3 is 0 Å². The fourth-order valence-electron chi connectivity index (χ4n) is 3.22. The predicted molar refractivity (Wildman–Crippen MR) is 113 cm³/mol. The summed E-state index contributed by atoms with van der Waals surface area (Å²) in [4.78, 5) is 12.5. The average Bonchev–Trinajstić information content (AvgIpc) is 3.41. The highest BCUT2D eigenvalue weighted by atomic mass is 32.2. The minimum atomic E-state index is -0.328. The van der Waals surface area contributed by atoms with Gasteiger partial charge in [-0.25, -0.2) is 9.07 Å². The molecule has 1 aliphatic rings. The molecule has 31 heavy (non-hydrogen) atoms. The van der Waals surface area contributed by atoms with Crippen LogP contribution in [0.4, 0.5) is 10.1 Å². The molecule has 5 rings (SSSR count). The highest BCUT2D eigenvalue weighted by Gasteiger charge is 2.17. The summed E-state index contributed by atoms with van der Waals surface area (Å²) in [6, 6.07) is 11.2. The standard InChI is InChI=1S/C21H16FN5O3S/c1-12-16-9-23-27(15-5-2-13(22)3-6-15)20(16)21(26-25-12)31-10-19(28)24-14-4-7-17-18(8-14)30-11-29-17/h2-9H,10-11H2,1H3,(H,24,28). The van der Waals surface area contributed by atoms with Crippen LogP contribution in [0.2, 0.25) is 0 Å². The summed E-state index contributed by atoms with van der Waals surface area (Å²) >= 11 is 1.25. The maximum atomic E-state index is 13.3. The zero-order chi connectivity index (χ0) is 21.4. The second kappa shape index (κ2) is 7.88. The number of rotatable bonds is 5. The van der Waals surface area contributed by atoms with Gasteiger partial charge in [-0.3, -0.25) is 4.79 Å². The Morgan fingerprint density at radius 1 is 1.16 bits per heavy atom. The number of ether oxygens (including phenoxy) is 2. The number of anilines is 1. The van der Waals surface area contributed by atoms with Gasteiger partial charge in [0.25, 0.3) is 0 Å². The molecule has 0 fully saturated rings. The van der Waals surface area contributed by atoms with E-state index < -0.39 is 0 Å². The third-order valence-corrected chi connectivity index (χ3v) is 5.67. The highest BCUT2D eigenvalue weighted by molar-refractivity contribution is 8.00. The van der Waals surface area contributed by atoms with Crippen molar-refractivity contribution >= 4 is 34.3 Å². The predicted octanol–water partition coefficient (Wildman–Crippen LogP) is 3.72. The SMILES string of the molecule is Cc1nnc(SCC(=O)Nc2ccc3c(c2)OCO3)c2c1cnn2-c1ccc(F)cc1. The third-order valence-electron chi connectivity index (χ3n) is 4.72. The van der Waals surface area contributed by atoms with E-state index in [2.05, 4.69) is 20.6 Å². The number of carbonyl (C=O) groups excluding carboxylic acids is 1.